The Labute approximate surface area is 146 Å². The highest BCUT2D eigenvalue weighted by Crippen LogP contribution is 2.17. The second kappa shape index (κ2) is 7.90. The number of carbonyl (C=O) groups excluding carboxylic acids is 1. The topological polar surface area (TPSA) is 90.9 Å². The number of nitrogens with one attached hydrogen (secondary N) is 2. The molecule has 0 spiro atoms. The van der Waals surface area contributed by atoms with Gasteiger partial charge in [-0.05, 0) is 31.0 Å². The van der Waals surface area contributed by atoms with Crippen molar-refractivity contribution in [1.82, 2.24) is 20.3 Å². The number of amides is 1. The Morgan fingerprint density at radius 2 is 2.04 bits per heavy atom. The molecule has 3 N–H and O–H groups in total. The average Bonchev–Trinajstić information content (AvgIpc) is 3.03. The lowest BCUT2D eigenvalue weighted by molar-refractivity contribution is -0.121. The van der Waals surface area contributed by atoms with Crippen LogP contribution in [0.15, 0.2) is 48.7 Å². The minimum absolute atomic E-state index is 0.0545. The van der Waals surface area contributed by atoms with Crippen molar-refractivity contribution in [2.75, 3.05) is 0 Å². The molecule has 3 rings (SSSR count). The van der Waals surface area contributed by atoms with Crippen LogP contribution >= 0.6 is 0 Å². The Bertz CT molecular complexity index is 799. The Morgan fingerprint density at radius 3 is 2.80 bits per heavy atom. The Balaban J connectivity index is 1.47. The fourth-order valence-corrected chi connectivity index (χ4v) is 2.80. The van der Waals surface area contributed by atoms with Crippen molar-refractivity contribution >= 4 is 17.1 Å². The molecule has 0 aliphatic carbocycles. The molecule has 130 valence electrons. The van der Waals surface area contributed by atoms with Gasteiger partial charge in [0, 0.05) is 25.1 Å². The molecule has 3 aromatic rings. The largest absolute Gasteiger partial charge is 0.388 e. The quantitative estimate of drug-likeness (QED) is 0.617. The first kappa shape index (κ1) is 17.1. The maximum atomic E-state index is 12.1. The van der Waals surface area contributed by atoms with Gasteiger partial charge in [-0.2, -0.15) is 0 Å². The van der Waals surface area contributed by atoms with E-state index in [0.717, 1.165) is 16.9 Å². The second-order valence-electron chi connectivity index (χ2n) is 6.19. The number of aromatic nitrogens is 3. The summed E-state index contributed by atoms with van der Waals surface area (Å²) in [6.45, 7) is 1.90. The van der Waals surface area contributed by atoms with Gasteiger partial charge in [0.15, 0.2) is 5.65 Å². The van der Waals surface area contributed by atoms with Crippen LogP contribution in [0.5, 0.6) is 0 Å². The van der Waals surface area contributed by atoms with Crippen molar-refractivity contribution in [3.05, 3.63) is 60.0 Å². The number of aryl methyl sites for hydroxylation is 1. The van der Waals surface area contributed by atoms with Crippen molar-refractivity contribution in [3.8, 4) is 0 Å². The van der Waals surface area contributed by atoms with Gasteiger partial charge in [0.25, 0.3) is 0 Å². The molecule has 2 aromatic heterocycles. The van der Waals surface area contributed by atoms with E-state index >= 15 is 0 Å². The van der Waals surface area contributed by atoms with Crippen LogP contribution in [0.25, 0.3) is 11.2 Å². The zero-order valence-electron chi connectivity index (χ0n) is 14.1. The summed E-state index contributed by atoms with van der Waals surface area (Å²) in [5.41, 5.74) is 2.40. The number of nitrogens with zero attached hydrogens (tertiary/aromatic N) is 2. The van der Waals surface area contributed by atoms with Crippen molar-refractivity contribution in [2.24, 2.45) is 0 Å². The van der Waals surface area contributed by atoms with Gasteiger partial charge < -0.3 is 15.4 Å². The first-order chi connectivity index (χ1) is 12.1. The molecule has 6 nitrogen and oxygen atoms in total. The molecule has 25 heavy (non-hydrogen) atoms. The molecule has 0 radical (unpaired) electrons. The number of imidazole rings is 1. The van der Waals surface area contributed by atoms with E-state index in [1.165, 1.54) is 0 Å². The summed E-state index contributed by atoms with van der Waals surface area (Å²) in [5, 5.41) is 13.1. The lowest BCUT2D eigenvalue weighted by Gasteiger charge is -2.18. The van der Waals surface area contributed by atoms with Gasteiger partial charge in [-0.1, -0.05) is 30.3 Å². The van der Waals surface area contributed by atoms with Crippen LogP contribution in [0, 0.1) is 0 Å². The molecule has 2 unspecified atom stereocenters. The smallest absolute Gasteiger partial charge is 0.220 e. The number of rotatable bonds is 7. The number of benzene rings is 1. The summed E-state index contributed by atoms with van der Waals surface area (Å²) >= 11 is 0. The van der Waals surface area contributed by atoms with E-state index in [9.17, 15) is 9.90 Å². The lowest BCUT2D eigenvalue weighted by atomic mass is 10.0. The van der Waals surface area contributed by atoms with E-state index in [1.54, 1.807) is 6.20 Å². The first-order valence-corrected chi connectivity index (χ1v) is 8.44. The van der Waals surface area contributed by atoms with Crippen LogP contribution in [0.3, 0.4) is 0 Å². The van der Waals surface area contributed by atoms with E-state index in [1.807, 2.05) is 49.4 Å². The molecule has 6 heteroatoms. The molecule has 0 saturated heterocycles. The Hall–Kier alpha value is -2.73. The summed E-state index contributed by atoms with van der Waals surface area (Å²) < 4.78 is 0. The monoisotopic (exact) mass is 338 g/mol. The minimum atomic E-state index is -0.585. The molecule has 0 aliphatic rings. The molecule has 2 atom stereocenters. The van der Waals surface area contributed by atoms with Gasteiger partial charge in [-0.25, -0.2) is 9.97 Å². The standard InChI is InChI=1S/C19H22N4O2/c1-13(12-16(24)14-6-3-2-4-7-14)21-18(25)10-9-17-22-15-8-5-11-20-19(15)23-17/h2-8,11,13,16,24H,9-10,12H2,1H3,(H,21,25)(H,20,22,23). The van der Waals surface area contributed by atoms with Crippen LogP contribution in [0.2, 0.25) is 0 Å². The number of pyridine rings is 1. The summed E-state index contributed by atoms with van der Waals surface area (Å²) in [7, 11) is 0. The van der Waals surface area contributed by atoms with E-state index in [0.29, 0.717) is 24.9 Å². The van der Waals surface area contributed by atoms with Gasteiger partial charge in [0.05, 0.1) is 11.6 Å². The number of aliphatic hydroxyl groups is 1. The summed E-state index contributed by atoms with van der Waals surface area (Å²) in [5.74, 6) is 0.696. The van der Waals surface area contributed by atoms with E-state index in [-0.39, 0.29) is 11.9 Å². The van der Waals surface area contributed by atoms with Gasteiger partial charge in [0.2, 0.25) is 5.91 Å². The second-order valence-corrected chi connectivity index (χ2v) is 6.19. The Kier molecular flexibility index (Phi) is 5.40. The summed E-state index contributed by atoms with van der Waals surface area (Å²) in [6.07, 6.45) is 2.45. The third-order valence-electron chi connectivity index (χ3n) is 4.06. The van der Waals surface area contributed by atoms with Crippen LogP contribution in [-0.2, 0) is 11.2 Å². The van der Waals surface area contributed by atoms with E-state index in [4.69, 9.17) is 0 Å². The molecule has 2 heterocycles. The van der Waals surface area contributed by atoms with Gasteiger partial charge in [0.1, 0.15) is 5.82 Å². The number of aromatic amines is 1. The number of aliphatic hydroxyl groups excluding tert-OH is 1. The molecule has 0 bridgehead atoms. The van der Waals surface area contributed by atoms with Gasteiger partial charge in [-0.3, -0.25) is 4.79 Å². The number of hydrogen-bond donors (Lipinski definition) is 3. The van der Waals surface area contributed by atoms with Crippen LogP contribution in [-0.4, -0.2) is 32.0 Å². The number of H-pyrrole nitrogens is 1. The normalized spacial score (nSPS) is 13.5. The number of carbonyl (C=O) groups is 1. The molecule has 1 aromatic carbocycles. The van der Waals surface area contributed by atoms with Crippen LogP contribution in [0.4, 0.5) is 0 Å². The zero-order valence-corrected chi connectivity index (χ0v) is 14.1. The fourth-order valence-electron chi connectivity index (χ4n) is 2.80. The van der Waals surface area contributed by atoms with Crippen molar-refractivity contribution < 1.29 is 9.90 Å². The van der Waals surface area contributed by atoms with Crippen molar-refractivity contribution in [1.29, 1.82) is 0 Å². The van der Waals surface area contributed by atoms with Crippen molar-refractivity contribution in [3.63, 3.8) is 0 Å². The van der Waals surface area contributed by atoms with E-state index in [2.05, 4.69) is 20.3 Å². The van der Waals surface area contributed by atoms with Gasteiger partial charge in [-0.15, -0.1) is 0 Å². The highest BCUT2D eigenvalue weighted by Gasteiger charge is 2.14. The summed E-state index contributed by atoms with van der Waals surface area (Å²) in [4.78, 5) is 23.8. The maximum Gasteiger partial charge on any atom is 0.220 e. The fraction of sp³-hybridized carbons (Fsp3) is 0.316. The van der Waals surface area contributed by atoms with Crippen LogP contribution < -0.4 is 5.32 Å². The molecule has 0 fully saturated rings. The molecular weight excluding hydrogens is 316 g/mol. The predicted molar refractivity (Wildman–Crippen MR) is 95.8 cm³/mol. The molecule has 1 amide bonds. The molecule has 0 saturated carbocycles. The third-order valence-corrected chi connectivity index (χ3v) is 4.06. The van der Waals surface area contributed by atoms with Crippen molar-refractivity contribution in [2.45, 2.75) is 38.3 Å². The molecular formula is C19H22N4O2. The third kappa shape index (κ3) is 4.64. The predicted octanol–water partition coefficient (Wildman–Crippen LogP) is 2.52. The highest BCUT2D eigenvalue weighted by atomic mass is 16.3. The number of hydrogen-bond acceptors (Lipinski definition) is 4. The van der Waals surface area contributed by atoms with Crippen LogP contribution in [0.1, 0.15) is 37.3 Å². The molecule has 0 aliphatic heterocycles. The SMILES string of the molecule is CC(CC(O)c1ccccc1)NC(=O)CCc1nc2ncccc2[nH]1. The van der Waals surface area contributed by atoms with E-state index < -0.39 is 6.10 Å². The summed E-state index contributed by atoms with van der Waals surface area (Å²) in [6, 6.07) is 13.1. The minimum Gasteiger partial charge on any atom is -0.388 e. The lowest BCUT2D eigenvalue weighted by Crippen LogP contribution is -2.33. The number of fused-ring (bicyclic) bond motifs is 1. The average molecular weight is 338 g/mol. The first-order valence-electron chi connectivity index (χ1n) is 8.44. The Morgan fingerprint density at radius 1 is 1.24 bits per heavy atom. The maximum absolute atomic E-state index is 12.1. The van der Waals surface area contributed by atoms with Gasteiger partial charge >= 0.3 is 0 Å². The highest BCUT2D eigenvalue weighted by molar-refractivity contribution is 5.76. The zero-order chi connectivity index (χ0) is 17.6.